The topological polar surface area (TPSA) is 12.0 Å². The highest BCUT2D eigenvalue weighted by Gasteiger charge is 1.98. The third-order valence-electron chi connectivity index (χ3n) is 1.61. The van der Waals surface area contributed by atoms with Crippen molar-refractivity contribution in [2.24, 2.45) is 0 Å². The van der Waals surface area contributed by atoms with Gasteiger partial charge in [0.05, 0.1) is 0 Å². The van der Waals surface area contributed by atoms with Crippen molar-refractivity contribution < 1.29 is 0 Å². The van der Waals surface area contributed by atoms with Crippen molar-refractivity contribution >= 4 is 0 Å². The summed E-state index contributed by atoms with van der Waals surface area (Å²) >= 11 is 0. The number of terminal acetylenes is 1. The molecular weight excluding hydrogens is 146 g/mol. The van der Waals surface area contributed by atoms with Crippen LogP contribution in [0.2, 0.25) is 0 Å². The molecule has 1 N–H and O–H groups in total. The monoisotopic (exact) mass is 157 g/mol. The molecule has 1 rings (SSSR count). The zero-order chi connectivity index (χ0) is 8.81. The Morgan fingerprint density at radius 1 is 1.75 bits per heavy atom. The van der Waals surface area contributed by atoms with Gasteiger partial charge >= 0.3 is 0 Å². The van der Waals surface area contributed by atoms with E-state index in [1.807, 2.05) is 12.3 Å². The highest BCUT2D eigenvalue weighted by atomic mass is 14.8. The van der Waals surface area contributed by atoms with Gasteiger partial charge in [-0.2, -0.15) is 0 Å². The minimum atomic E-state index is 0.849. The SMILES string of the molecule is C#C/C=C(\C=C)C1=CCNC=C1. The van der Waals surface area contributed by atoms with Gasteiger partial charge in [0.1, 0.15) is 0 Å². The van der Waals surface area contributed by atoms with Gasteiger partial charge in [-0.25, -0.2) is 0 Å². The van der Waals surface area contributed by atoms with E-state index in [1.165, 1.54) is 0 Å². The predicted molar refractivity (Wildman–Crippen MR) is 52.3 cm³/mol. The van der Waals surface area contributed by atoms with Crippen LogP contribution in [0.3, 0.4) is 0 Å². The lowest BCUT2D eigenvalue weighted by Crippen LogP contribution is -2.09. The minimum Gasteiger partial charge on any atom is -0.387 e. The molecule has 0 aromatic heterocycles. The Hall–Kier alpha value is -1.68. The van der Waals surface area contributed by atoms with Crippen molar-refractivity contribution in [3.63, 3.8) is 0 Å². The molecule has 0 fully saturated rings. The molecule has 0 unspecified atom stereocenters. The summed E-state index contributed by atoms with van der Waals surface area (Å²) < 4.78 is 0. The summed E-state index contributed by atoms with van der Waals surface area (Å²) in [7, 11) is 0. The maximum atomic E-state index is 5.17. The van der Waals surface area contributed by atoms with Crippen LogP contribution in [-0.2, 0) is 0 Å². The van der Waals surface area contributed by atoms with Gasteiger partial charge < -0.3 is 5.32 Å². The van der Waals surface area contributed by atoms with E-state index in [0.29, 0.717) is 0 Å². The first-order valence-corrected chi connectivity index (χ1v) is 3.77. The third-order valence-corrected chi connectivity index (χ3v) is 1.61. The second kappa shape index (κ2) is 4.25. The smallest absolute Gasteiger partial charge is 0.0334 e. The van der Waals surface area contributed by atoms with E-state index in [0.717, 1.165) is 17.7 Å². The van der Waals surface area contributed by atoms with Crippen LogP contribution in [0, 0.1) is 12.3 Å². The summed E-state index contributed by atoms with van der Waals surface area (Å²) in [5.74, 6) is 2.49. The average Bonchev–Trinajstić information content (AvgIpc) is 2.15. The van der Waals surface area contributed by atoms with E-state index in [-0.39, 0.29) is 0 Å². The Labute approximate surface area is 73.2 Å². The van der Waals surface area contributed by atoms with Gasteiger partial charge in [0.15, 0.2) is 0 Å². The average molecular weight is 157 g/mol. The number of rotatable bonds is 2. The van der Waals surface area contributed by atoms with Crippen LogP contribution in [0.25, 0.3) is 0 Å². The highest BCUT2D eigenvalue weighted by Crippen LogP contribution is 2.13. The Morgan fingerprint density at radius 2 is 2.58 bits per heavy atom. The highest BCUT2D eigenvalue weighted by molar-refractivity contribution is 5.49. The molecule has 0 atom stereocenters. The van der Waals surface area contributed by atoms with Gasteiger partial charge in [0, 0.05) is 6.54 Å². The van der Waals surface area contributed by atoms with E-state index in [1.54, 1.807) is 12.2 Å². The molecule has 1 aliphatic rings. The van der Waals surface area contributed by atoms with Crippen molar-refractivity contribution in [2.45, 2.75) is 0 Å². The molecule has 60 valence electrons. The van der Waals surface area contributed by atoms with Crippen LogP contribution in [-0.4, -0.2) is 6.54 Å². The molecule has 0 aromatic carbocycles. The molecule has 0 spiro atoms. The molecular formula is C11H11N. The lowest BCUT2D eigenvalue weighted by Gasteiger charge is -2.07. The maximum absolute atomic E-state index is 5.17. The number of hydrogen-bond donors (Lipinski definition) is 1. The fourth-order valence-electron chi connectivity index (χ4n) is 1.02. The Morgan fingerprint density at radius 3 is 3.08 bits per heavy atom. The quantitative estimate of drug-likeness (QED) is 0.476. The number of dihydropyridines is 1. The molecule has 0 aromatic rings. The van der Waals surface area contributed by atoms with Crippen molar-refractivity contribution in [1.29, 1.82) is 0 Å². The molecule has 0 saturated heterocycles. The maximum Gasteiger partial charge on any atom is 0.0334 e. The largest absolute Gasteiger partial charge is 0.387 e. The molecule has 1 heterocycles. The molecule has 0 bridgehead atoms. The Balaban J connectivity index is 2.87. The van der Waals surface area contributed by atoms with Gasteiger partial charge in [-0.15, -0.1) is 6.42 Å². The van der Waals surface area contributed by atoms with Crippen molar-refractivity contribution in [3.8, 4) is 12.3 Å². The van der Waals surface area contributed by atoms with E-state index < -0.39 is 0 Å². The first kappa shape index (κ1) is 8.42. The van der Waals surface area contributed by atoms with Crippen molar-refractivity contribution in [3.05, 3.63) is 48.2 Å². The van der Waals surface area contributed by atoms with E-state index in [4.69, 9.17) is 6.42 Å². The number of allylic oxidation sites excluding steroid dienone is 5. The van der Waals surface area contributed by atoms with Crippen LogP contribution in [0.4, 0.5) is 0 Å². The lowest BCUT2D eigenvalue weighted by atomic mass is 10.0. The summed E-state index contributed by atoms with van der Waals surface area (Å²) in [5, 5.41) is 3.07. The van der Waals surface area contributed by atoms with Gasteiger partial charge in [-0.3, -0.25) is 0 Å². The molecule has 0 saturated carbocycles. The minimum absolute atomic E-state index is 0.849. The van der Waals surface area contributed by atoms with Gasteiger partial charge in [0.2, 0.25) is 0 Å². The zero-order valence-electron chi connectivity index (χ0n) is 6.88. The van der Waals surface area contributed by atoms with Crippen LogP contribution in [0.1, 0.15) is 0 Å². The summed E-state index contributed by atoms with van der Waals surface area (Å²) in [6.45, 7) is 4.54. The Bertz CT molecular complexity index is 297. The molecule has 0 aliphatic carbocycles. The van der Waals surface area contributed by atoms with Gasteiger partial charge in [0.25, 0.3) is 0 Å². The summed E-state index contributed by atoms with van der Waals surface area (Å²) in [5.41, 5.74) is 2.12. The van der Waals surface area contributed by atoms with E-state index in [9.17, 15) is 0 Å². The predicted octanol–water partition coefficient (Wildman–Crippen LogP) is 1.78. The van der Waals surface area contributed by atoms with Crippen LogP contribution in [0.15, 0.2) is 48.2 Å². The second-order valence-corrected chi connectivity index (χ2v) is 2.37. The Kier molecular flexibility index (Phi) is 2.98. The third kappa shape index (κ3) is 1.90. The fourth-order valence-corrected chi connectivity index (χ4v) is 1.02. The molecule has 0 amide bonds. The first-order chi connectivity index (χ1) is 5.88. The van der Waals surface area contributed by atoms with Gasteiger partial charge in [-0.1, -0.05) is 24.7 Å². The molecule has 1 heteroatoms. The van der Waals surface area contributed by atoms with Crippen molar-refractivity contribution in [1.82, 2.24) is 5.32 Å². The van der Waals surface area contributed by atoms with Crippen LogP contribution < -0.4 is 5.32 Å². The summed E-state index contributed by atoms with van der Waals surface area (Å²) in [6.07, 6.45) is 14.6. The van der Waals surface area contributed by atoms with Crippen LogP contribution >= 0.6 is 0 Å². The van der Waals surface area contributed by atoms with Crippen LogP contribution in [0.5, 0.6) is 0 Å². The number of hydrogen-bond acceptors (Lipinski definition) is 1. The van der Waals surface area contributed by atoms with E-state index >= 15 is 0 Å². The summed E-state index contributed by atoms with van der Waals surface area (Å²) in [4.78, 5) is 0. The molecule has 1 nitrogen and oxygen atoms in total. The molecule has 0 radical (unpaired) electrons. The second-order valence-electron chi connectivity index (χ2n) is 2.37. The number of nitrogens with one attached hydrogen (secondary N) is 1. The van der Waals surface area contributed by atoms with Crippen molar-refractivity contribution in [2.75, 3.05) is 6.54 Å². The van der Waals surface area contributed by atoms with E-state index in [2.05, 4.69) is 23.9 Å². The first-order valence-electron chi connectivity index (χ1n) is 3.77. The normalized spacial score (nSPS) is 15.9. The fraction of sp³-hybridized carbons (Fsp3) is 0.0909. The summed E-state index contributed by atoms with van der Waals surface area (Å²) in [6, 6.07) is 0. The zero-order valence-corrected chi connectivity index (χ0v) is 6.88. The lowest BCUT2D eigenvalue weighted by molar-refractivity contribution is 0.962. The standard InChI is InChI=1S/C11H11N/c1-3-5-10(4-2)11-6-8-12-9-7-11/h1,4-8,12H,2,9H2/b10-5+. The molecule has 1 aliphatic heterocycles. The van der Waals surface area contributed by atoms with Gasteiger partial charge in [-0.05, 0) is 29.5 Å². The molecule has 12 heavy (non-hydrogen) atoms.